The van der Waals surface area contributed by atoms with Crippen LogP contribution < -0.4 is 10.6 Å². The SMILES string of the molecule is CN=C(NCCCCOCCc1ccccc1)NCCOCCC(C)C. The minimum Gasteiger partial charge on any atom is -0.381 e. The van der Waals surface area contributed by atoms with Crippen molar-refractivity contribution in [2.75, 3.05) is 46.6 Å². The van der Waals surface area contributed by atoms with Crippen LogP contribution in [-0.4, -0.2) is 52.5 Å². The van der Waals surface area contributed by atoms with Crippen molar-refractivity contribution in [2.45, 2.75) is 39.5 Å². The number of hydrogen-bond donors (Lipinski definition) is 2. The smallest absolute Gasteiger partial charge is 0.191 e. The molecule has 1 aromatic carbocycles. The summed E-state index contributed by atoms with van der Waals surface area (Å²) >= 11 is 0. The van der Waals surface area contributed by atoms with Crippen LogP contribution in [0.15, 0.2) is 35.3 Å². The third kappa shape index (κ3) is 12.7. The van der Waals surface area contributed by atoms with Crippen LogP contribution in [0.5, 0.6) is 0 Å². The number of aliphatic imine (C=N–C) groups is 1. The van der Waals surface area contributed by atoms with Crippen LogP contribution in [0.25, 0.3) is 0 Å². The Hall–Kier alpha value is -1.59. The van der Waals surface area contributed by atoms with Gasteiger partial charge in [0.1, 0.15) is 0 Å². The quantitative estimate of drug-likeness (QED) is 0.303. The molecule has 5 nitrogen and oxygen atoms in total. The van der Waals surface area contributed by atoms with Crippen molar-refractivity contribution in [2.24, 2.45) is 10.9 Å². The maximum absolute atomic E-state index is 5.70. The number of hydrogen-bond acceptors (Lipinski definition) is 3. The van der Waals surface area contributed by atoms with Crippen LogP contribution >= 0.6 is 0 Å². The molecule has 0 atom stereocenters. The normalized spacial score (nSPS) is 11.8. The summed E-state index contributed by atoms with van der Waals surface area (Å²) < 4.78 is 11.3. The molecule has 0 aliphatic carbocycles. The van der Waals surface area contributed by atoms with E-state index in [0.29, 0.717) is 12.5 Å². The van der Waals surface area contributed by atoms with Crippen LogP contribution in [0.3, 0.4) is 0 Å². The predicted octanol–water partition coefficient (Wildman–Crippen LogP) is 3.25. The molecule has 0 radical (unpaired) electrons. The highest BCUT2D eigenvalue weighted by Crippen LogP contribution is 2.00. The van der Waals surface area contributed by atoms with Gasteiger partial charge in [-0.25, -0.2) is 0 Å². The van der Waals surface area contributed by atoms with Gasteiger partial charge in [-0.05, 0) is 37.2 Å². The van der Waals surface area contributed by atoms with E-state index in [1.54, 1.807) is 7.05 Å². The van der Waals surface area contributed by atoms with Gasteiger partial charge in [-0.3, -0.25) is 4.99 Å². The summed E-state index contributed by atoms with van der Waals surface area (Å²) in [6.07, 6.45) is 4.21. The summed E-state index contributed by atoms with van der Waals surface area (Å²) in [7, 11) is 1.79. The van der Waals surface area contributed by atoms with Crippen molar-refractivity contribution in [3.05, 3.63) is 35.9 Å². The summed E-state index contributed by atoms with van der Waals surface area (Å²) in [4.78, 5) is 4.22. The van der Waals surface area contributed by atoms with Gasteiger partial charge in [0, 0.05) is 33.4 Å². The van der Waals surface area contributed by atoms with Gasteiger partial charge in [-0.1, -0.05) is 44.2 Å². The highest BCUT2D eigenvalue weighted by molar-refractivity contribution is 5.79. The molecule has 2 N–H and O–H groups in total. The predicted molar refractivity (Wildman–Crippen MR) is 110 cm³/mol. The average molecular weight is 364 g/mol. The zero-order valence-corrected chi connectivity index (χ0v) is 16.8. The van der Waals surface area contributed by atoms with Gasteiger partial charge in [-0.2, -0.15) is 0 Å². The molecule has 26 heavy (non-hydrogen) atoms. The second-order valence-corrected chi connectivity index (χ2v) is 6.78. The van der Waals surface area contributed by atoms with Crippen molar-refractivity contribution >= 4 is 5.96 Å². The molecule has 0 bridgehead atoms. The van der Waals surface area contributed by atoms with Crippen LogP contribution in [-0.2, 0) is 15.9 Å². The van der Waals surface area contributed by atoms with Crippen molar-refractivity contribution in [3.8, 4) is 0 Å². The first-order valence-corrected chi connectivity index (χ1v) is 9.86. The third-order valence-electron chi connectivity index (χ3n) is 3.99. The number of nitrogens with one attached hydrogen (secondary N) is 2. The monoisotopic (exact) mass is 363 g/mol. The highest BCUT2D eigenvalue weighted by Gasteiger charge is 1.98. The molecule has 0 spiro atoms. The first kappa shape index (κ1) is 22.5. The van der Waals surface area contributed by atoms with Crippen LogP contribution in [0.1, 0.15) is 38.7 Å². The first-order chi connectivity index (χ1) is 12.7. The second kappa shape index (κ2) is 15.6. The molecule has 1 aromatic rings. The summed E-state index contributed by atoms with van der Waals surface area (Å²) in [5, 5.41) is 6.59. The van der Waals surface area contributed by atoms with Gasteiger partial charge in [0.05, 0.1) is 13.2 Å². The number of nitrogens with zero attached hydrogens (tertiary/aromatic N) is 1. The lowest BCUT2D eigenvalue weighted by atomic mass is 10.1. The summed E-state index contributed by atoms with van der Waals surface area (Å²) in [6, 6.07) is 10.5. The molecule has 0 saturated heterocycles. The van der Waals surface area contributed by atoms with Gasteiger partial charge < -0.3 is 20.1 Å². The number of unbranched alkanes of at least 4 members (excludes halogenated alkanes) is 1. The maximum Gasteiger partial charge on any atom is 0.191 e. The Morgan fingerprint density at radius 2 is 1.65 bits per heavy atom. The van der Waals surface area contributed by atoms with Crippen molar-refractivity contribution < 1.29 is 9.47 Å². The average Bonchev–Trinajstić information content (AvgIpc) is 2.65. The fourth-order valence-corrected chi connectivity index (χ4v) is 2.36. The van der Waals surface area contributed by atoms with Crippen LogP contribution in [0, 0.1) is 5.92 Å². The van der Waals surface area contributed by atoms with E-state index in [9.17, 15) is 0 Å². The van der Waals surface area contributed by atoms with Crippen LogP contribution in [0.2, 0.25) is 0 Å². The fourth-order valence-electron chi connectivity index (χ4n) is 2.36. The standard InChI is InChI=1S/C21H37N3O2/c1-19(2)11-16-26-18-14-24-21(22-3)23-13-7-8-15-25-17-12-20-9-5-4-6-10-20/h4-6,9-10,19H,7-8,11-18H2,1-3H3,(H2,22,23,24). The minimum atomic E-state index is 0.694. The van der Waals surface area contributed by atoms with E-state index < -0.39 is 0 Å². The van der Waals surface area contributed by atoms with Gasteiger partial charge in [0.2, 0.25) is 0 Å². The van der Waals surface area contributed by atoms with E-state index in [-0.39, 0.29) is 0 Å². The molecule has 0 heterocycles. The molecule has 0 fully saturated rings. The lowest BCUT2D eigenvalue weighted by Crippen LogP contribution is -2.39. The first-order valence-electron chi connectivity index (χ1n) is 9.86. The molecule has 0 aromatic heterocycles. The number of ether oxygens (including phenoxy) is 2. The second-order valence-electron chi connectivity index (χ2n) is 6.78. The largest absolute Gasteiger partial charge is 0.381 e. The molecule has 1 rings (SSSR count). The van der Waals surface area contributed by atoms with Gasteiger partial charge in [0.15, 0.2) is 5.96 Å². The number of rotatable bonds is 14. The lowest BCUT2D eigenvalue weighted by Gasteiger charge is -2.12. The molecule has 0 saturated carbocycles. The van der Waals surface area contributed by atoms with E-state index in [1.165, 1.54) is 5.56 Å². The molecular formula is C21H37N3O2. The van der Waals surface area contributed by atoms with E-state index in [4.69, 9.17) is 9.47 Å². The van der Waals surface area contributed by atoms with Crippen LogP contribution in [0.4, 0.5) is 0 Å². The Labute approximate surface area is 159 Å². The highest BCUT2D eigenvalue weighted by atomic mass is 16.5. The Morgan fingerprint density at radius 1 is 0.923 bits per heavy atom. The van der Waals surface area contributed by atoms with E-state index >= 15 is 0 Å². The van der Waals surface area contributed by atoms with Gasteiger partial charge >= 0.3 is 0 Å². The van der Waals surface area contributed by atoms with E-state index in [2.05, 4.69) is 53.7 Å². The summed E-state index contributed by atoms with van der Waals surface area (Å²) in [5.74, 6) is 1.53. The molecule has 0 aliphatic heterocycles. The van der Waals surface area contributed by atoms with E-state index in [0.717, 1.165) is 64.6 Å². The summed E-state index contributed by atoms with van der Waals surface area (Å²) in [6.45, 7) is 9.24. The maximum atomic E-state index is 5.70. The van der Waals surface area contributed by atoms with Crippen molar-refractivity contribution in [3.63, 3.8) is 0 Å². The molecule has 0 aliphatic rings. The fraction of sp³-hybridized carbons (Fsp3) is 0.667. The Kier molecular flexibility index (Phi) is 13.5. The number of benzene rings is 1. The zero-order chi connectivity index (χ0) is 18.9. The number of guanidine groups is 1. The Balaban J connectivity index is 1.90. The summed E-state index contributed by atoms with van der Waals surface area (Å²) in [5.41, 5.74) is 1.33. The molecule has 0 unspecified atom stereocenters. The van der Waals surface area contributed by atoms with Gasteiger partial charge in [0.25, 0.3) is 0 Å². The van der Waals surface area contributed by atoms with E-state index in [1.807, 2.05) is 6.07 Å². The Bertz CT molecular complexity index is 464. The molecule has 0 amide bonds. The molecule has 5 heteroatoms. The molecular weight excluding hydrogens is 326 g/mol. The zero-order valence-electron chi connectivity index (χ0n) is 16.8. The third-order valence-corrected chi connectivity index (χ3v) is 3.99. The van der Waals surface area contributed by atoms with Gasteiger partial charge in [-0.15, -0.1) is 0 Å². The topological polar surface area (TPSA) is 54.9 Å². The Morgan fingerprint density at radius 3 is 2.38 bits per heavy atom. The molecule has 148 valence electrons. The lowest BCUT2D eigenvalue weighted by molar-refractivity contribution is 0.128. The van der Waals surface area contributed by atoms with Crippen molar-refractivity contribution in [1.82, 2.24) is 10.6 Å². The van der Waals surface area contributed by atoms with Crippen molar-refractivity contribution in [1.29, 1.82) is 0 Å². The minimum absolute atomic E-state index is 0.694.